The van der Waals surface area contributed by atoms with Gasteiger partial charge in [-0.3, -0.25) is 0 Å². The van der Waals surface area contributed by atoms with Crippen LogP contribution in [-0.2, 0) is 6.54 Å². The van der Waals surface area contributed by atoms with Crippen LogP contribution >= 0.6 is 0 Å². The topological polar surface area (TPSA) is 48.0 Å². The Bertz CT molecular complexity index is 534. The van der Waals surface area contributed by atoms with E-state index in [1.54, 1.807) is 0 Å². The van der Waals surface area contributed by atoms with Crippen molar-refractivity contribution in [2.75, 3.05) is 6.54 Å². The summed E-state index contributed by atoms with van der Waals surface area (Å²) in [6.45, 7) is 1.79. The molecule has 3 nitrogen and oxygen atoms in total. The Labute approximate surface area is 114 Å². The summed E-state index contributed by atoms with van der Waals surface area (Å²) in [5.74, 6) is 0.430. The molecule has 2 atom stereocenters. The molecule has 1 aromatic heterocycles. The second kappa shape index (κ2) is 5.76. The predicted molar refractivity (Wildman–Crippen MR) is 78.0 cm³/mol. The van der Waals surface area contributed by atoms with Gasteiger partial charge in [0, 0.05) is 30.2 Å². The minimum atomic E-state index is -0.107. The summed E-state index contributed by atoms with van der Waals surface area (Å²) in [5.41, 5.74) is 2.51. The largest absolute Gasteiger partial charge is 0.393 e. The van der Waals surface area contributed by atoms with Gasteiger partial charge in [0.05, 0.1) is 6.10 Å². The van der Waals surface area contributed by atoms with Crippen LogP contribution in [0, 0.1) is 5.92 Å². The van der Waals surface area contributed by atoms with E-state index in [0.717, 1.165) is 25.9 Å². The molecule has 1 aromatic carbocycles. The van der Waals surface area contributed by atoms with Gasteiger partial charge in [-0.15, -0.1) is 0 Å². The zero-order chi connectivity index (χ0) is 13.1. The van der Waals surface area contributed by atoms with Gasteiger partial charge >= 0.3 is 0 Å². The highest BCUT2D eigenvalue weighted by Gasteiger charge is 2.22. The first-order chi connectivity index (χ1) is 9.34. The molecule has 0 radical (unpaired) electrons. The molecule has 102 valence electrons. The van der Waals surface area contributed by atoms with E-state index in [0.29, 0.717) is 5.92 Å². The summed E-state index contributed by atoms with van der Waals surface area (Å²) in [4.78, 5) is 3.24. The highest BCUT2D eigenvalue weighted by molar-refractivity contribution is 5.82. The molecule has 1 heterocycles. The van der Waals surface area contributed by atoms with Crippen LogP contribution in [0.2, 0.25) is 0 Å². The summed E-state index contributed by atoms with van der Waals surface area (Å²) >= 11 is 0. The van der Waals surface area contributed by atoms with Gasteiger partial charge in [0.25, 0.3) is 0 Å². The van der Waals surface area contributed by atoms with Crippen molar-refractivity contribution in [3.05, 3.63) is 36.0 Å². The molecule has 1 saturated carbocycles. The minimum Gasteiger partial charge on any atom is -0.393 e. The number of rotatable bonds is 4. The molecule has 3 N–H and O–H groups in total. The molecule has 0 bridgehead atoms. The number of aromatic nitrogens is 1. The molecule has 1 aliphatic carbocycles. The molecule has 0 spiro atoms. The van der Waals surface area contributed by atoms with E-state index in [9.17, 15) is 5.11 Å². The maximum Gasteiger partial charge on any atom is 0.0580 e. The minimum absolute atomic E-state index is 0.107. The van der Waals surface area contributed by atoms with Gasteiger partial charge in [0.1, 0.15) is 0 Å². The van der Waals surface area contributed by atoms with Crippen molar-refractivity contribution < 1.29 is 5.11 Å². The third-order valence-electron chi connectivity index (χ3n) is 4.28. The fraction of sp³-hybridized carbons (Fsp3) is 0.500. The van der Waals surface area contributed by atoms with Crippen LogP contribution in [0.4, 0.5) is 0 Å². The van der Waals surface area contributed by atoms with E-state index in [2.05, 4.69) is 34.6 Å². The summed E-state index contributed by atoms with van der Waals surface area (Å²) in [5, 5.41) is 14.8. The van der Waals surface area contributed by atoms with Crippen LogP contribution in [0.3, 0.4) is 0 Å². The standard InChI is InChI=1S/C16H22N2O/c19-16-7-2-1-4-13(16)11-17-10-12-5-3-6-15-14(12)8-9-18-15/h3,5-6,8-9,13,16-19H,1-2,4,7,10-11H2. The Morgan fingerprint density at radius 2 is 2.11 bits per heavy atom. The molecule has 2 aromatic rings. The molecule has 19 heavy (non-hydrogen) atoms. The number of aliphatic hydroxyl groups is 1. The average Bonchev–Trinajstić information content (AvgIpc) is 2.90. The lowest BCUT2D eigenvalue weighted by molar-refractivity contribution is 0.0695. The van der Waals surface area contributed by atoms with Crippen molar-refractivity contribution in [2.45, 2.75) is 38.3 Å². The Morgan fingerprint density at radius 3 is 3.00 bits per heavy atom. The van der Waals surface area contributed by atoms with Crippen LogP contribution in [0.15, 0.2) is 30.5 Å². The summed E-state index contributed by atoms with van der Waals surface area (Å²) in [6.07, 6.45) is 6.45. The first-order valence-corrected chi connectivity index (χ1v) is 7.28. The first kappa shape index (κ1) is 12.7. The Balaban J connectivity index is 1.58. The van der Waals surface area contributed by atoms with Gasteiger partial charge < -0.3 is 15.4 Å². The lowest BCUT2D eigenvalue weighted by Gasteiger charge is -2.27. The van der Waals surface area contributed by atoms with Crippen molar-refractivity contribution in [3.63, 3.8) is 0 Å². The van der Waals surface area contributed by atoms with Gasteiger partial charge in [-0.25, -0.2) is 0 Å². The number of aliphatic hydroxyl groups excluding tert-OH is 1. The van der Waals surface area contributed by atoms with Gasteiger partial charge in [-0.1, -0.05) is 25.0 Å². The number of nitrogens with one attached hydrogen (secondary N) is 2. The first-order valence-electron chi connectivity index (χ1n) is 7.28. The molecule has 1 fully saturated rings. The third kappa shape index (κ3) is 2.82. The average molecular weight is 258 g/mol. The van der Waals surface area contributed by atoms with Crippen molar-refractivity contribution in [2.24, 2.45) is 5.92 Å². The molecule has 2 unspecified atom stereocenters. The van der Waals surface area contributed by atoms with Crippen LogP contribution in [0.25, 0.3) is 10.9 Å². The van der Waals surface area contributed by atoms with Crippen LogP contribution in [-0.4, -0.2) is 22.7 Å². The normalized spacial score (nSPS) is 23.8. The zero-order valence-corrected chi connectivity index (χ0v) is 11.2. The Morgan fingerprint density at radius 1 is 1.21 bits per heavy atom. The summed E-state index contributed by atoms with van der Waals surface area (Å²) in [6, 6.07) is 8.48. The fourth-order valence-electron chi connectivity index (χ4n) is 3.12. The van der Waals surface area contributed by atoms with E-state index in [1.165, 1.54) is 29.3 Å². The number of H-pyrrole nitrogens is 1. The number of aromatic amines is 1. The molecule has 3 heteroatoms. The van der Waals surface area contributed by atoms with Crippen molar-refractivity contribution in [1.82, 2.24) is 10.3 Å². The maximum atomic E-state index is 9.96. The van der Waals surface area contributed by atoms with E-state index in [4.69, 9.17) is 0 Å². The van der Waals surface area contributed by atoms with Gasteiger partial charge in [-0.2, -0.15) is 0 Å². The monoisotopic (exact) mass is 258 g/mol. The second-order valence-corrected chi connectivity index (χ2v) is 5.60. The van der Waals surface area contributed by atoms with Crippen LogP contribution < -0.4 is 5.32 Å². The van der Waals surface area contributed by atoms with Crippen LogP contribution in [0.1, 0.15) is 31.2 Å². The smallest absolute Gasteiger partial charge is 0.0580 e. The van der Waals surface area contributed by atoms with E-state index in [-0.39, 0.29) is 6.10 Å². The lowest BCUT2D eigenvalue weighted by atomic mass is 9.86. The molecule has 0 amide bonds. The van der Waals surface area contributed by atoms with Crippen molar-refractivity contribution in [1.29, 1.82) is 0 Å². The third-order valence-corrected chi connectivity index (χ3v) is 4.28. The number of hydrogen-bond donors (Lipinski definition) is 3. The molecule has 0 saturated heterocycles. The highest BCUT2D eigenvalue weighted by Crippen LogP contribution is 2.24. The zero-order valence-electron chi connectivity index (χ0n) is 11.2. The maximum absolute atomic E-state index is 9.96. The van der Waals surface area contributed by atoms with Crippen LogP contribution in [0.5, 0.6) is 0 Å². The molecule has 0 aliphatic heterocycles. The lowest BCUT2D eigenvalue weighted by Crippen LogP contribution is -2.33. The van der Waals surface area contributed by atoms with Crippen molar-refractivity contribution >= 4 is 10.9 Å². The van der Waals surface area contributed by atoms with Gasteiger partial charge in [-0.05, 0) is 36.5 Å². The van der Waals surface area contributed by atoms with Gasteiger partial charge in [0.2, 0.25) is 0 Å². The number of benzene rings is 1. The number of hydrogen-bond acceptors (Lipinski definition) is 2. The Kier molecular flexibility index (Phi) is 3.85. The second-order valence-electron chi connectivity index (χ2n) is 5.60. The molecular formula is C16H22N2O. The highest BCUT2D eigenvalue weighted by atomic mass is 16.3. The quantitative estimate of drug-likeness (QED) is 0.789. The molecule has 3 rings (SSSR count). The predicted octanol–water partition coefficient (Wildman–Crippen LogP) is 2.81. The molecule has 1 aliphatic rings. The van der Waals surface area contributed by atoms with Gasteiger partial charge in [0.15, 0.2) is 0 Å². The van der Waals surface area contributed by atoms with E-state index >= 15 is 0 Å². The number of fused-ring (bicyclic) bond motifs is 1. The van der Waals surface area contributed by atoms with E-state index < -0.39 is 0 Å². The fourth-order valence-corrected chi connectivity index (χ4v) is 3.12. The molecular weight excluding hydrogens is 236 g/mol. The Hall–Kier alpha value is -1.32. The summed E-state index contributed by atoms with van der Waals surface area (Å²) in [7, 11) is 0. The SMILES string of the molecule is OC1CCCCC1CNCc1cccc2[nH]ccc12. The van der Waals surface area contributed by atoms with E-state index in [1.807, 2.05) is 6.20 Å². The van der Waals surface area contributed by atoms with Crippen molar-refractivity contribution in [3.8, 4) is 0 Å². The summed E-state index contributed by atoms with van der Waals surface area (Å²) < 4.78 is 0.